The zero-order valence-corrected chi connectivity index (χ0v) is 10.0. The lowest BCUT2D eigenvalue weighted by molar-refractivity contribution is 0.788. The molecule has 0 radical (unpaired) electrons. The van der Waals surface area contributed by atoms with Gasteiger partial charge in [0.15, 0.2) is 5.16 Å². The van der Waals surface area contributed by atoms with Gasteiger partial charge in [-0.2, -0.15) is 0 Å². The Bertz CT molecular complexity index is 468. The lowest BCUT2D eigenvalue weighted by Gasteiger charge is -2.04. The summed E-state index contributed by atoms with van der Waals surface area (Å²) < 4.78 is 1.89. The van der Waals surface area contributed by atoms with Crippen LogP contribution >= 0.6 is 11.8 Å². The molecule has 84 valence electrons. The quantitative estimate of drug-likeness (QED) is 0.875. The second-order valence-corrected chi connectivity index (χ2v) is 4.27. The van der Waals surface area contributed by atoms with Crippen LogP contribution in [-0.4, -0.2) is 26.3 Å². The molecule has 2 aromatic heterocycles. The molecule has 0 aromatic carbocycles. The van der Waals surface area contributed by atoms with Gasteiger partial charge in [0.25, 0.3) is 0 Å². The number of aromatic nitrogens is 4. The molecule has 0 saturated heterocycles. The van der Waals surface area contributed by atoms with Crippen LogP contribution in [0.4, 0.5) is 5.82 Å². The maximum atomic E-state index is 4.21. The molecule has 0 spiro atoms. The van der Waals surface area contributed by atoms with E-state index in [1.807, 2.05) is 30.7 Å². The molecule has 6 heteroatoms. The van der Waals surface area contributed by atoms with Gasteiger partial charge in [-0.25, -0.2) is 4.98 Å². The second-order valence-electron chi connectivity index (χ2n) is 3.23. The standard InChI is InChI=1S/C10H13N5S/c1-3-11-9-6-8(4-5-12-9)16-10-14-13-7-15(10)2/h4-7H,3H2,1-2H3,(H,11,12). The molecule has 0 unspecified atom stereocenters. The van der Waals surface area contributed by atoms with Gasteiger partial charge in [0.2, 0.25) is 0 Å². The Morgan fingerprint density at radius 2 is 2.38 bits per heavy atom. The van der Waals surface area contributed by atoms with Crippen LogP contribution < -0.4 is 5.32 Å². The molecule has 2 heterocycles. The van der Waals surface area contributed by atoms with Crippen LogP contribution in [0.1, 0.15) is 6.92 Å². The van der Waals surface area contributed by atoms with E-state index < -0.39 is 0 Å². The van der Waals surface area contributed by atoms with Crippen molar-refractivity contribution in [1.29, 1.82) is 0 Å². The minimum Gasteiger partial charge on any atom is -0.370 e. The first-order valence-corrected chi connectivity index (χ1v) is 5.83. The summed E-state index contributed by atoms with van der Waals surface area (Å²) in [6.07, 6.45) is 3.48. The monoisotopic (exact) mass is 235 g/mol. The molecule has 2 rings (SSSR count). The van der Waals surface area contributed by atoms with Gasteiger partial charge in [-0.05, 0) is 30.8 Å². The van der Waals surface area contributed by atoms with E-state index in [2.05, 4.69) is 20.5 Å². The highest BCUT2D eigenvalue weighted by molar-refractivity contribution is 7.99. The molecular weight excluding hydrogens is 222 g/mol. The van der Waals surface area contributed by atoms with E-state index in [0.717, 1.165) is 22.4 Å². The molecule has 0 amide bonds. The normalized spacial score (nSPS) is 10.4. The molecule has 16 heavy (non-hydrogen) atoms. The van der Waals surface area contributed by atoms with Crippen LogP contribution in [0.5, 0.6) is 0 Å². The van der Waals surface area contributed by atoms with E-state index in [9.17, 15) is 0 Å². The number of rotatable bonds is 4. The van der Waals surface area contributed by atoms with Gasteiger partial charge in [-0.1, -0.05) is 0 Å². The van der Waals surface area contributed by atoms with Crippen LogP contribution in [0, 0.1) is 0 Å². The average molecular weight is 235 g/mol. The summed E-state index contributed by atoms with van der Waals surface area (Å²) in [6.45, 7) is 2.91. The van der Waals surface area contributed by atoms with Crippen molar-refractivity contribution in [3.05, 3.63) is 24.7 Å². The number of anilines is 1. The molecule has 0 aliphatic rings. The Morgan fingerprint density at radius 1 is 1.50 bits per heavy atom. The smallest absolute Gasteiger partial charge is 0.195 e. The highest BCUT2D eigenvalue weighted by Gasteiger charge is 2.04. The maximum Gasteiger partial charge on any atom is 0.195 e. The molecule has 0 aliphatic carbocycles. The summed E-state index contributed by atoms with van der Waals surface area (Å²) in [7, 11) is 1.93. The first-order valence-electron chi connectivity index (χ1n) is 5.01. The molecule has 2 aromatic rings. The fraction of sp³-hybridized carbons (Fsp3) is 0.300. The number of hydrogen-bond donors (Lipinski definition) is 1. The lowest BCUT2D eigenvalue weighted by atomic mass is 10.4. The molecule has 0 fully saturated rings. The largest absolute Gasteiger partial charge is 0.370 e. The zero-order chi connectivity index (χ0) is 11.4. The van der Waals surface area contributed by atoms with Crippen LogP contribution in [-0.2, 0) is 7.05 Å². The first kappa shape index (κ1) is 10.9. The molecule has 5 nitrogen and oxygen atoms in total. The van der Waals surface area contributed by atoms with E-state index in [1.165, 1.54) is 0 Å². The minimum absolute atomic E-state index is 0.866. The van der Waals surface area contributed by atoms with Gasteiger partial charge in [-0.15, -0.1) is 10.2 Å². The van der Waals surface area contributed by atoms with E-state index in [4.69, 9.17) is 0 Å². The van der Waals surface area contributed by atoms with Gasteiger partial charge >= 0.3 is 0 Å². The Morgan fingerprint density at radius 3 is 3.06 bits per heavy atom. The van der Waals surface area contributed by atoms with Gasteiger partial charge < -0.3 is 9.88 Å². The molecule has 0 atom stereocenters. The number of aryl methyl sites for hydroxylation is 1. The molecule has 0 aliphatic heterocycles. The van der Waals surface area contributed by atoms with Gasteiger partial charge in [0, 0.05) is 24.7 Å². The van der Waals surface area contributed by atoms with E-state index >= 15 is 0 Å². The molecule has 0 saturated carbocycles. The number of nitrogens with one attached hydrogen (secondary N) is 1. The Kier molecular flexibility index (Phi) is 3.40. The highest BCUT2D eigenvalue weighted by Crippen LogP contribution is 2.26. The summed E-state index contributed by atoms with van der Waals surface area (Å²) in [5.41, 5.74) is 0. The van der Waals surface area contributed by atoms with E-state index in [0.29, 0.717) is 0 Å². The number of pyridine rings is 1. The van der Waals surface area contributed by atoms with Crippen molar-refractivity contribution in [2.45, 2.75) is 17.0 Å². The zero-order valence-electron chi connectivity index (χ0n) is 9.21. The second kappa shape index (κ2) is 4.98. The Balaban J connectivity index is 2.15. The SMILES string of the molecule is CCNc1cc(Sc2nncn2C)ccn1. The summed E-state index contributed by atoms with van der Waals surface area (Å²) >= 11 is 1.57. The predicted octanol–water partition coefficient (Wildman–Crippen LogP) is 1.79. The Labute approximate surface area is 98.3 Å². The molecular formula is C10H13N5S. The van der Waals surface area contributed by atoms with Crippen molar-refractivity contribution in [2.24, 2.45) is 7.05 Å². The highest BCUT2D eigenvalue weighted by atomic mass is 32.2. The van der Waals surface area contributed by atoms with Crippen molar-refractivity contribution in [1.82, 2.24) is 19.7 Å². The molecule has 1 N–H and O–H groups in total. The third-order valence-electron chi connectivity index (χ3n) is 1.97. The van der Waals surface area contributed by atoms with Crippen LogP contribution in [0.2, 0.25) is 0 Å². The average Bonchev–Trinajstić information content (AvgIpc) is 2.66. The van der Waals surface area contributed by atoms with Crippen LogP contribution in [0.3, 0.4) is 0 Å². The third kappa shape index (κ3) is 2.52. The van der Waals surface area contributed by atoms with Crippen molar-refractivity contribution >= 4 is 17.6 Å². The van der Waals surface area contributed by atoms with E-state index in [-0.39, 0.29) is 0 Å². The molecule has 0 bridgehead atoms. The summed E-state index contributed by atoms with van der Waals surface area (Å²) in [4.78, 5) is 5.31. The Hall–Kier alpha value is -1.56. The van der Waals surface area contributed by atoms with Crippen LogP contribution in [0.25, 0.3) is 0 Å². The minimum atomic E-state index is 0.866. The summed E-state index contributed by atoms with van der Waals surface area (Å²) in [6, 6.07) is 3.96. The number of nitrogens with zero attached hydrogens (tertiary/aromatic N) is 4. The maximum absolute atomic E-state index is 4.21. The van der Waals surface area contributed by atoms with Crippen LogP contribution in [0.15, 0.2) is 34.7 Å². The van der Waals surface area contributed by atoms with Gasteiger partial charge in [-0.3, -0.25) is 0 Å². The van der Waals surface area contributed by atoms with Gasteiger partial charge in [0.05, 0.1) is 0 Å². The summed E-state index contributed by atoms with van der Waals surface area (Å²) in [5, 5.41) is 11.9. The third-order valence-corrected chi connectivity index (χ3v) is 3.01. The first-order chi connectivity index (χ1) is 7.79. The number of hydrogen-bond acceptors (Lipinski definition) is 5. The summed E-state index contributed by atoms with van der Waals surface area (Å²) in [5.74, 6) is 0.884. The fourth-order valence-electron chi connectivity index (χ4n) is 1.22. The lowest BCUT2D eigenvalue weighted by Crippen LogP contribution is -1.98. The van der Waals surface area contributed by atoms with Crippen molar-refractivity contribution in [2.75, 3.05) is 11.9 Å². The van der Waals surface area contributed by atoms with Gasteiger partial charge in [0.1, 0.15) is 12.1 Å². The topological polar surface area (TPSA) is 55.6 Å². The fourth-order valence-corrected chi connectivity index (χ4v) is 2.01. The predicted molar refractivity (Wildman–Crippen MR) is 63.5 cm³/mol. The van der Waals surface area contributed by atoms with Crippen molar-refractivity contribution in [3.8, 4) is 0 Å². The van der Waals surface area contributed by atoms with Crippen molar-refractivity contribution < 1.29 is 0 Å². The van der Waals surface area contributed by atoms with E-state index in [1.54, 1.807) is 24.3 Å². The van der Waals surface area contributed by atoms with Crippen molar-refractivity contribution in [3.63, 3.8) is 0 Å².